The number of rotatable bonds is 71. The molecule has 2 atom stereocenters. The lowest BCUT2D eigenvalue weighted by molar-refractivity contribution is -0.143. The summed E-state index contributed by atoms with van der Waals surface area (Å²) in [6.07, 6.45) is 93.9. The van der Waals surface area contributed by atoms with Gasteiger partial charge in [-0.2, -0.15) is 0 Å². The van der Waals surface area contributed by atoms with Crippen LogP contribution in [0.1, 0.15) is 418 Å². The van der Waals surface area contributed by atoms with Crippen molar-refractivity contribution in [2.75, 3.05) is 13.2 Å². The number of aliphatic hydroxyl groups excluding tert-OH is 2. The Labute approximate surface area is 519 Å². The van der Waals surface area contributed by atoms with Gasteiger partial charge in [-0.15, -0.1) is 0 Å². The van der Waals surface area contributed by atoms with Crippen LogP contribution in [-0.2, 0) is 14.3 Å². The molecule has 0 bridgehead atoms. The Balaban J connectivity index is 3.41. The second-order valence-corrected chi connectivity index (χ2v) is 26.0. The maximum atomic E-state index is 12.5. The van der Waals surface area contributed by atoms with Gasteiger partial charge in [-0.1, -0.05) is 359 Å². The number of aliphatic hydroxyl groups is 2. The second kappa shape index (κ2) is 72.6. The molecule has 0 aromatic rings. The van der Waals surface area contributed by atoms with Gasteiger partial charge in [-0.05, 0) is 83.5 Å². The summed E-state index contributed by atoms with van der Waals surface area (Å²) in [5.41, 5.74) is 0. The third-order valence-electron chi connectivity index (χ3n) is 17.6. The minimum atomic E-state index is -0.846. The van der Waals surface area contributed by atoms with E-state index < -0.39 is 12.1 Å². The van der Waals surface area contributed by atoms with Crippen LogP contribution in [0.3, 0.4) is 0 Å². The fourth-order valence-electron chi connectivity index (χ4n) is 11.9. The van der Waals surface area contributed by atoms with E-state index in [2.05, 4.69) is 43.5 Å². The number of carbonyl (C=O) groups is 2. The first-order chi connectivity index (χ1) is 41.0. The second-order valence-electron chi connectivity index (χ2n) is 26.0. The van der Waals surface area contributed by atoms with Gasteiger partial charge >= 0.3 is 5.97 Å². The van der Waals surface area contributed by atoms with Crippen molar-refractivity contribution in [2.45, 2.75) is 431 Å². The van der Waals surface area contributed by atoms with Crippen LogP contribution < -0.4 is 5.32 Å². The van der Waals surface area contributed by atoms with E-state index in [9.17, 15) is 19.8 Å². The maximum absolute atomic E-state index is 12.5. The van der Waals surface area contributed by atoms with Crippen LogP contribution >= 0.6 is 0 Å². The summed E-state index contributed by atoms with van der Waals surface area (Å²) >= 11 is 0. The lowest BCUT2D eigenvalue weighted by atomic mass is 10.0. The Morgan fingerprint density at radius 1 is 0.325 bits per heavy atom. The topological polar surface area (TPSA) is 95.9 Å². The van der Waals surface area contributed by atoms with Crippen LogP contribution in [0.15, 0.2) is 36.5 Å². The molecular weight excluding hydrogens is 1020 g/mol. The number of carbonyl (C=O) groups excluding carboxylic acids is 2. The molecule has 0 aliphatic heterocycles. The molecule has 490 valence electrons. The Morgan fingerprint density at radius 2 is 0.566 bits per heavy atom. The largest absolute Gasteiger partial charge is 0.466 e. The molecule has 0 spiro atoms. The Morgan fingerprint density at radius 3 is 0.867 bits per heavy atom. The number of nitrogens with one attached hydrogen (secondary N) is 1. The zero-order valence-electron chi connectivity index (χ0n) is 56.2. The van der Waals surface area contributed by atoms with Gasteiger partial charge in [0.2, 0.25) is 5.91 Å². The summed E-state index contributed by atoms with van der Waals surface area (Å²) in [6.45, 7) is 4.93. The maximum Gasteiger partial charge on any atom is 0.305 e. The van der Waals surface area contributed by atoms with E-state index in [1.165, 1.54) is 347 Å². The molecule has 0 fully saturated rings. The summed E-state index contributed by atoms with van der Waals surface area (Å²) in [6, 6.07) is -0.630. The molecule has 2 unspecified atom stereocenters. The molecule has 6 nitrogen and oxygen atoms in total. The van der Waals surface area contributed by atoms with Crippen molar-refractivity contribution < 1.29 is 24.5 Å². The summed E-state index contributed by atoms with van der Waals surface area (Å²) in [5.74, 6) is -0.0566. The van der Waals surface area contributed by atoms with E-state index in [0.29, 0.717) is 19.4 Å². The van der Waals surface area contributed by atoms with E-state index in [1.807, 2.05) is 6.08 Å². The van der Waals surface area contributed by atoms with Crippen molar-refractivity contribution in [1.82, 2.24) is 5.32 Å². The fourth-order valence-corrected chi connectivity index (χ4v) is 11.9. The zero-order chi connectivity index (χ0) is 59.9. The molecule has 0 aromatic carbocycles. The summed E-state index contributed by atoms with van der Waals surface area (Å²) in [5, 5.41) is 23.3. The molecule has 0 saturated carbocycles. The molecule has 0 aliphatic carbocycles. The molecule has 0 aromatic heterocycles. The Hall–Kier alpha value is -1.92. The molecule has 0 aliphatic rings. The minimum Gasteiger partial charge on any atom is -0.466 e. The highest BCUT2D eigenvalue weighted by molar-refractivity contribution is 5.76. The normalized spacial score (nSPS) is 12.7. The van der Waals surface area contributed by atoms with E-state index >= 15 is 0 Å². The first-order valence-corrected chi connectivity index (χ1v) is 37.8. The third kappa shape index (κ3) is 69.1. The summed E-state index contributed by atoms with van der Waals surface area (Å²) in [7, 11) is 0. The molecule has 83 heavy (non-hydrogen) atoms. The van der Waals surface area contributed by atoms with Gasteiger partial charge in [-0.25, -0.2) is 0 Å². The number of hydrogen-bond acceptors (Lipinski definition) is 5. The number of amides is 1. The van der Waals surface area contributed by atoms with Crippen LogP contribution in [0, 0.1) is 0 Å². The van der Waals surface area contributed by atoms with Crippen LogP contribution in [0.2, 0.25) is 0 Å². The minimum absolute atomic E-state index is 0.00678. The average Bonchev–Trinajstić information content (AvgIpc) is 3.48. The van der Waals surface area contributed by atoms with Crippen molar-refractivity contribution >= 4 is 11.9 Å². The van der Waals surface area contributed by atoms with Gasteiger partial charge in [0.15, 0.2) is 0 Å². The molecule has 0 saturated heterocycles. The molecular formula is C77H147NO5. The van der Waals surface area contributed by atoms with E-state index in [4.69, 9.17) is 4.74 Å². The van der Waals surface area contributed by atoms with Gasteiger partial charge < -0.3 is 20.3 Å². The Bertz CT molecular complexity index is 1340. The standard InChI is InChI=1S/C77H147NO5/c1-3-5-7-9-11-13-15-17-18-19-20-21-22-27-30-33-36-39-42-46-49-53-57-61-65-69-75(80)74(73-79)78-76(81)70-66-62-58-54-50-47-43-40-37-34-31-28-25-23-24-26-29-32-35-38-41-44-48-52-56-60-64-68-72-83-77(82)71-67-63-59-55-51-45-16-14-12-10-8-6-4-2/h14,16,23-24,65,69,74-75,79-80H,3-13,15,17-22,25-64,66-68,70-73H2,1-2H3,(H,78,81)/b16-14-,24-23-,69-65+. The smallest absolute Gasteiger partial charge is 0.305 e. The number of ether oxygens (including phenoxy) is 1. The zero-order valence-corrected chi connectivity index (χ0v) is 56.2. The average molecular weight is 1170 g/mol. The van der Waals surface area contributed by atoms with E-state index in [1.54, 1.807) is 6.08 Å². The lowest BCUT2D eigenvalue weighted by Gasteiger charge is -2.20. The highest BCUT2D eigenvalue weighted by Crippen LogP contribution is 2.19. The number of hydrogen-bond donors (Lipinski definition) is 3. The van der Waals surface area contributed by atoms with Crippen molar-refractivity contribution in [3.63, 3.8) is 0 Å². The van der Waals surface area contributed by atoms with E-state index in [-0.39, 0.29) is 18.5 Å². The third-order valence-corrected chi connectivity index (χ3v) is 17.6. The molecule has 0 rings (SSSR count). The van der Waals surface area contributed by atoms with Gasteiger partial charge in [0.25, 0.3) is 0 Å². The van der Waals surface area contributed by atoms with Crippen molar-refractivity contribution in [3.8, 4) is 0 Å². The van der Waals surface area contributed by atoms with Gasteiger partial charge in [0, 0.05) is 12.8 Å². The van der Waals surface area contributed by atoms with Crippen LogP contribution in [-0.4, -0.2) is 47.4 Å². The van der Waals surface area contributed by atoms with Gasteiger partial charge in [-0.3, -0.25) is 9.59 Å². The molecule has 6 heteroatoms. The first-order valence-electron chi connectivity index (χ1n) is 37.8. The number of unbranched alkanes of at least 4 members (excludes halogenated alkanes) is 56. The molecule has 1 amide bonds. The van der Waals surface area contributed by atoms with Crippen LogP contribution in [0.4, 0.5) is 0 Å². The molecule has 0 heterocycles. The van der Waals surface area contributed by atoms with Gasteiger partial charge in [0.05, 0.1) is 25.4 Å². The highest BCUT2D eigenvalue weighted by atomic mass is 16.5. The highest BCUT2D eigenvalue weighted by Gasteiger charge is 2.18. The predicted molar refractivity (Wildman–Crippen MR) is 366 cm³/mol. The van der Waals surface area contributed by atoms with E-state index in [0.717, 1.165) is 44.9 Å². The summed E-state index contributed by atoms with van der Waals surface area (Å²) < 4.78 is 5.48. The lowest BCUT2D eigenvalue weighted by Crippen LogP contribution is -2.45. The van der Waals surface area contributed by atoms with Crippen molar-refractivity contribution in [2.24, 2.45) is 0 Å². The first kappa shape index (κ1) is 81.1. The fraction of sp³-hybridized carbons (Fsp3) is 0.896. The monoisotopic (exact) mass is 1170 g/mol. The SMILES string of the molecule is CCCCCC/C=C\CCCCCCCC(=O)OCCCCCCCCCCCCCC/C=C\CCCCCCCCCCCCCCC(=O)NC(CO)C(O)/C=C/CCCCCCCCCCCCCCCCCCCCCCCCC. The quantitative estimate of drug-likeness (QED) is 0.0320. The van der Waals surface area contributed by atoms with Crippen molar-refractivity contribution in [1.29, 1.82) is 0 Å². The Kier molecular flexibility index (Phi) is 70.9. The van der Waals surface area contributed by atoms with Crippen molar-refractivity contribution in [3.05, 3.63) is 36.5 Å². The molecule has 3 N–H and O–H groups in total. The van der Waals surface area contributed by atoms with Crippen LogP contribution in [0.25, 0.3) is 0 Å². The molecule has 0 radical (unpaired) electrons. The number of esters is 1. The summed E-state index contributed by atoms with van der Waals surface area (Å²) in [4.78, 5) is 24.6. The van der Waals surface area contributed by atoms with Gasteiger partial charge in [0.1, 0.15) is 0 Å². The number of allylic oxidation sites excluding steroid dienone is 5. The predicted octanol–water partition coefficient (Wildman–Crippen LogP) is 24.7. The van der Waals surface area contributed by atoms with Crippen LogP contribution in [0.5, 0.6) is 0 Å².